The van der Waals surface area contributed by atoms with E-state index in [4.69, 9.17) is 14.4 Å². The fourth-order valence-electron chi connectivity index (χ4n) is 6.04. The van der Waals surface area contributed by atoms with Gasteiger partial charge in [-0.1, -0.05) is 97.1 Å². The van der Waals surface area contributed by atoms with Crippen LogP contribution in [0, 0.1) is 0 Å². The summed E-state index contributed by atoms with van der Waals surface area (Å²) in [6, 6.07) is 42.7. The lowest BCUT2D eigenvalue weighted by atomic mass is 9.97. The van der Waals surface area contributed by atoms with Crippen molar-refractivity contribution in [3.63, 3.8) is 0 Å². The summed E-state index contributed by atoms with van der Waals surface area (Å²) in [7, 11) is 0. The predicted molar refractivity (Wildman–Crippen MR) is 168 cm³/mol. The third kappa shape index (κ3) is 3.11. The molecule has 0 unspecified atom stereocenters. The number of aromatic nitrogens is 2. The van der Waals surface area contributed by atoms with E-state index in [0.717, 1.165) is 49.4 Å². The highest BCUT2D eigenvalue weighted by Crippen LogP contribution is 2.41. The topological polar surface area (TPSA) is 38.9 Å². The molecule has 0 aliphatic carbocycles. The molecule has 4 heteroatoms. The molecule has 0 saturated heterocycles. The van der Waals surface area contributed by atoms with Crippen molar-refractivity contribution >= 4 is 75.5 Å². The van der Waals surface area contributed by atoms with Gasteiger partial charge >= 0.3 is 0 Å². The lowest BCUT2D eigenvalue weighted by Gasteiger charge is -2.09. The van der Waals surface area contributed by atoms with Gasteiger partial charge in [0.25, 0.3) is 0 Å². The highest BCUT2D eigenvalue weighted by Gasteiger charge is 2.17. The van der Waals surface area contributed by atoms with Crippen molar-refractivity contribution in [2.24, 2.45) is 0 Å². The van der Waals surface area contributed by atoms with E-state index in [1.807, 2.05) is 23.5 Å². The molecule has 9 aromatic rings. The van der Waals surface area contributed by atoms with Crippen LogP contribution in [0.25, 0.3) is 86.4 Å². The fourth-order valence-corrected chi connectivity index (χ4v) is 7.28. The molecule has 0 amide bonds. The van der Waals surface area contributed by atoms with Crippen LogP contribution in [0.5, 0.6) is 0 Å². The van der Waals surface area contributed by atoms with Gasteiger partial charge in [0.2, 0.25) is 5.71 Å². The molecule has 3 aromatic heterocycles. The zero-order chi connectivity index (χ0) is 26.2. The molecule has 3 nitrogen and oxygen atoms in total. The Morgan fingerprint density at radius 1 is 0.550 bits per heavy atom. The molecule has 40 heavy (non-hydrogen) atoms. The highest BCUT2D eigenvalue weighted by atomic mass is 32.1. The molecule has 0 saturated carbocycles. The van der Waals surface area contributed by atoms with E-state index >= 15 is 0 Å². The molecule has 186 valence electrons. The summed E-state index contributed by atoms with van der Waals surface area (Å²) in [6.07, 6.45) is 0. The maximum Gasteiger partial charge on any atom is 0.246 e. The van der Waals surface area contributed by atoms with Crippen LogP contribution in [-0.2, 0) is 0 Å². The minimum absolute atomic E-state index is 0.571. The normalized spacial score (nSPS) is 12.0. The third-order valence-electron chi connectivity index (χ3n) is 7.89. The molecule has 0 radical (unpaired) electrons. The van der Waals surface area contributed by atoms with E-state index in [9.17, 15) is 0 Å². The molecule has 9 rings (SSSR count). The quantitative estimate of drug-likeness (QED) is 0.224. The number of hydrogen-bond donors (Lipinski definition) is 0. The Bertz CT molecular complexity index is 2450. The first-order chi connectivity index (χ1) is 19.8. The Kier molecular flexibility index (Phi) is 4.48. The molecule has 0 fully saturated rings. The van der Waals surface area contributed by atoms with E-state index in [1.165, 1.54) is 31.3 Å². The number of para-hydroxylation sites is 1. The van der Waals surface area contributed by atoms with E-state index in [1.54, 1.807) is 0 Å². The van der Waals surface area contributed by atoms with Gasteiger partial charge in [-0.2, -0.15) is 0 Å². The summed E-state index contributed by atoms with van der Waals surface area (Å²) in [5, 5.41) is 5.93. The number of rotatable bonds is 2. The second kappa shape index (κ2) is 8.22. The van der Waals surface area contributed by atoms with Gasteiger partial charge in [-0.25, -0.2) is 9.97 Å². The molecule has 3 heterocycles. The maximum absolute atomic E-state index is 6.18. The minimum atomic E-state index is 0.571. The van der Waals surface area contributed by atoms with Crippen LogP contribution in [0.1, 0.15) is 0 Å². The molecule has 0 spiro atoms. The van der Waals surface area contributed by atoms with Crippen LogP contribution >= 0.6 is 11.3 Å². The molecule has 0 atom stereocenters. The van der Waals surface area contributed by atoms with E-state index in [2.05, 4.69) is 109 Å². The summed E-state index contributed by atoms with van der Waals surface area (Å²) in [5.41, 5.74) is 8.51. The largest absolute Gasteiger partial charge is 0.436 e. The smallest absolute Gasteiger partial charge is 0.246 e. The lowest BCUT2D eigenvalue weighted by Crippen LogP contribution is -1.89. The van der Waals surface area contributed by atoms with Gasteiger partial charge in [0.15, 0.2) is 0 Å². The van der Waals surface area contributed by atoms with E-state index in [-0.39, 0.29) is 0 Å². The van der Waals surface area contributed by atoms with Crippen molar-refractivity contribution in [1.82, 2.24) is 9.97 Å². The third-order valence-corrected chi connectivity index (χ3v) is 9.11. The first-order valence-corrected chi connectivity index (χ1v) is 14.2. The van der Waals surface area contributed by atoms with Gasteiger partial charge < -0.3 is 4.42 Å². The highest BCUT2D eigenvalue weighted by molar-refractivity contribution is 7.26. The number of thiophene rings is 1. The van der Waals surface area contributed by atoms with Crippen molar-refractivity contribution in [2.75, 3.05) is 0 Å². The van der Waals surface area contributed by atoms with Crippen molar-refractivity contribution < 1.29 is 4.42 Å². The summed E-state index contributed by atoms with van der Waals surface area (Å²) < 4.78 is 8.82. The lowest BCUT2D eigenvalue weighted by molar-refractivity contribution is 0.655. The van der Waals surface area contributed by atoms with E-state index < -0.39 is 0 Å². The molecular formula is C36H20N2OS. The van der Waals surface area contributed by atoms with Gasteiger partial charge in [0.1, 0.15) is 11.1 Å². The zero-order valence-electron chi connectivity index (χ0n) is 21.3. The number of hydrogen-bond acceptors (Lipinski definition) is 4. The molecule has 6 aromatic carbocycles. The van der Waals surface area contributed by atoms with Crippen molar-refractivity contribution in [3.8, 4) is 22.3 Å². The first-order valence-electron chi connectivity index (χ1n) is 13.3. The Hall–Kier alpha value is -5.06. The molecule has 0 aliphatic rings. The monoisotopic (exact) mass is 528 g/mol. The zero-order valence-corrected chi connectivity index (χ0v) is 22.1. The van der Waals surface area contributed by atoms with Crippen LogP contribution in [0.4, 0.5) is 0 Å². The van der Waals surface area contributed by atoms with E-state index in [0.29, 0.717) is 5.71 Å². The van der Waals surface area contributed by atoms with Crippen LogP contribution in [0.15, 0.2) is 126 Å². The average Bonchev–Trinajstić information content (AvgIpc) is 3.58. The number of furan rings is 1. The summed E-state index contributed by atoms with van der Waals surface area (Å²) in [4.78, 5) is 10.1. The Morgan fingerprint density at radius 3 is 2.25 bits per heavy atom. The molecular weight excluding hydrogens is 508 g/mol. The van der Waals surface area contributed by atoms with Crippen molar-refractivity contribution in [3.05, 3.63) is 121 Å². The van der Waals surface area contributed by atoms with Crippen LogP contribution in [0.3, 0.4) is 0 Å². The van der Waals surface area contributed by atoms with Gasteiger partial charge in [-0.15, -0.1) is 11.3 Å². The first kappa shape index (κ1) is 21.8. The van der Waals surface area contributed by atoms with Gasteiger partial charge in [-0.3, -0.25) is 0 Å². The van der Waals surface area contributed by atoms with Crippen LogP contribution in [0.2, 0.25) is 0 Å². The van der Waals surface area contributed by atoms with Crippen LogP contribution in [-0.4, -0.2) is 9.97 Å². The Morgan fingerprint density at radius 2 is 1.30 bits per heavy atom. The summed E-state index contributed by atoms with van der Waals surface area (Å²) >= 11 is 1.86. The van der Waals surface area contributed by atoms with Crippen LogP contribution < -0.4 is 0 Å². The summed E-state index contributed by atoms with van der Waals surface area (Å²) in [6.45, 7) is 0. The Labute approximate surface area is 233 Å². The van der Waals surface area contributed by atoms with Crippen molar-refractivity contribution in [2.45, 2.75) is 0 Å². The predicted octanol–water partition coefficient (Wildman–Crippen LogP) is 10.4. The van der Waals surface area contributed by atoms with Gasteiger partial charge in [0, 0.05) is 25.7 Å². The minimum Gasteiger partial charge on any atom is -0.436 e. The molecule has 0 aliphatic heterocycles. The standard InChI is InChI=1S/C36H20N2OS/c1-2-11-24-21(8-1)18-19-30-32(24)34-36(39-30)37-29-16-7-13-25(33(29)38-34)22-9-5-10-23(20-22)26-14-6-15-28-27-12-3-4-17-31(27)40-35(26)28/h1-20H. The average molecular weight is 529 g/mol. The second-order valence-electron chi connectivity index (χ2n) is 10.2. The fraction of sp³-hybridized carbons (Fsp3) is 0. The van der Waals surface area contributed by atoms with Gasteiger partial charge in [-0.05, 0) is 51.7 Å². The summed E-state index contributed by atoms with van der Waals surface area (Å²) in [5.74, 6) is 0. The van der Waals surface area contributed by atoms with Gasteiger partial charge in [0.05, 0.1) is 16.4 Å². The SMILES string of the molecule is c1cc(-c2cccc3nc4oc5ccc6ccccc6c5c4nc23)cc(-c2cccc3c2sc2ccccc23)c1. The Balaban J connectivity index is 1.28. The molecule has 0 bridgehead atoms. The van der Waals surface area contributed by atoms with Crippen molar-refractivity contribution in [1.29, 1.82) is 0 Å². The maximum atomic E-state index is 6.18. The second-order valence-corrected chi connectivity index (χ2v) is 11.2. The number of nitrogens with zero attached hydrogens (tertiary/aromatic N) is 2. The number of benzene rings is 6. The molecule has 0 N–H and O–H groups in total. The number of fused-ring (bicyclic) bond motifs is 9.